The zero-order valence-corrected chi connectivity index (χ0v) is 14.9. The fourth-order valence-corrected chi connectivity index (χ4v) is 6.37. The van der Waals surface area contributed by atoms with Crippen molar-refractivity contribution < 1.29 is 19.1 Å². The molecule has 2 atom stereocenters. The first-order chi connectivity index (χ1) is 11.2. The quantitative estimate of drug-likeness (QED) is 0.527. The van der Waals surface area contributed by atoms with Crippen LogP contribution in [-0.2, 0) is 19.1 Å². The number of rotatable bonds is 6. The van der Waals surface area contributed by atoms with Crippen LogP contribution >= 0.6 is 31.4 Å². The minimum atomic E-state index is -0.0924. The number of ether oxygens (including phenoxy) is 2. The molecule has 0 amide bonds. The summed E-state index contributed by atoms with van der Waals surface area (Å²) >= 11 is 0. The van der Waals surface area contributed by atoms with Crippen LogP contribution in [0, 0.1) is 0 Å². The third-order valence-electron chi connectivity index (χ3n) is 3.07. The Bertz CT molecular complexity index is 619. The van der Waals surface area contributed by atoms with Gasteiger partial charge in [-0.3, -0.25) is 0 Å². The van der Waals surface area contributed by atoms with Crippen LogP contribution in [0.15, 0.2) is 59.1 Å². The lowest BCUT2D eigenvalue weighted by molar-refractivity contribution is 0.305. The van der Waals surface area contributed by atoms with Crippen molar-refractivity contribution >= 4 is 43.3 Å². The molecular weight excluding hydrogens is 352 g/mol. The highest BCUT2D eigenvalue weighted by Crippen LogP contribution is 2.46. The SMILES string of the molecule is COC1=CC(=C=O)C(SSSC2C=CC(OC)=CC2=C=O)C=C1. The lowest BCUT2D eigenvalue weighted by Gasteiger charge is -2.18. The van der Waals surface area contributed by atoms with E-state index in [1.54, 1.807) is 26.4 Å². The van der Waals surface area contributed by atoms with Crippen molar-refractivity contribution in [3.8, 4) is 0 Å². The van der Waals surface area contributed by atoms with Gasteiger partial charge in [-0.05, 0) is 34.1 Å². The minimum Gasteiger partial charge on any atom is -0.497 e. The molecule has 0 fully saturated rings. The lowest BCUT2D eigenvalue weighted by atomic mass is 10.1. The first-order valence-electron chi connectivity index (χ1n) is 6.58. The van der Waals surface area contributed by atoms with Crippen LogP contribution in [0.25, 0.3) is 0 Å². The van der Waals surface area contributed by atoms with E-state index in [0.29, 0.717) is 22.7 Å². The monoisotopic (exact) mass is 366 g/mol. The Balaban J connectivity index is 1.91. The van der Waals surface area contributed by atoms with Gasteiger partial charge >= 0.3 is 0 Å². The molecule has 0 bridgehead atoms. The molecule has 23 heavy (non-hydrogen) atoms. The van der Waals surface area contributed by atoms with Gasteiger partial charge in [0, 0.05) is 0 Å². The summed E-state index contributed by atoms with van der Waals surface area (Å²) in [6, 6.07) is 0. The van der Waals surface area contributed by atoms with E-state index in [2.05, 4.69) is 0 Å². The first kappa shape index (κ1) is 17.9. The van der Waals surface area contributed by atoms with E-state index >= 15 is 0 Å². The van der Waals surface area contributed by atoms with E-state index in [4.69, 9.17) is 9.47 Å². The van der Waals surface area contributed by atoms with Crippen molar-refractivity contribution in [3.05, 3.63) is 59.1 Å². The highest BCUT2D eigenvalue weighted by molar-refractivity contribution is 9.09. The van der Waals surface area contributed by atoms with E-state index in [1.165, 1.54) is 31.4 Å². The Morgan fingerprint density at radius 3 is 1.65 bits per heavy atom. The normalized spacial score (nSPS) is 22.9. The summed E-state index contributed by atoms with van der Waals surface area (Å²) < 4.78 is 10.2. The Morgan fingerprint density at radius 2 is 1.30 bits per heavy atom. The summed E-state index contributed by atoms with van der Waals surface area (Å²) in [5.41, 5.74) is 1.07. The summed E-state index contributed by atoms with van der Waals surface area (Å²) in [6.45, 7) is 0. The van der Waals surface area contributed by atoms with Crippen molar-refractivity contribution in [3.63, 3.8) is 0 Å². The van der Waals surface area contributed by atoms with Gasteiger partial charge in [-0.1, -0.05) is 33.7 Å². The standard InChI is InChI=1S/C16H14O4S3/c1-19-13-3-5-15(11(7-13)9-17)21-23-22-16-6-4-14(20-2)8-12(16)10-18/h3-8,15-16H,1-2H3. The van der Waals surface area contributed by atoms with Gasteiger partial charge in [-0.15, -0.1) is 0 Å². The van der Waals surface area contributed by atoms with E-state index in [1.807, 2.05) is 36.2 Å². The van der Waals surface area contributed by atoms with Gasteiger partial charge in [-0.2, -0.15) is 0 Å². The van der Waals surface area contributed by atoms with Gasteiger partial charge in [0.2, 0.25) is 0 Å². The number of hydrogen-bond acceptors (Lipinski definition) is 7. The first-order valence-corrected chi connectivity index (χ1v) is 10.2. The molecule has 7 heteroatoms. The Hall–Kier alpha value is -1.49. The molecule has 0 aromatic rings. The lowest BCUT2D eigenvalue weighted by Crippen LogP contribution is -2.07. The molecule has 4 nitrogen and oxygen atoms in total. The maximum atomic E-state index is 11.1. The Labute approximate surface area is 146 Å². The predicted molar refractivity (Wildman–Crippen MR) is 97.2 cm³/mol. The second kappa shape index (κ2) is 8.96. The summed E-state index contributed by atoms with van der Waals surface area (Å²) in [7, 11) is 7.67. The maximum absolute atomic E-state index is 11.1. The van der Waals surface area contributed by atoms with Crippen LogP contribution in [0.1, 0.15) is 0 Å². The molecule has 0 spiro atoms. The Morgan fingerprint density at radius 1 is 0.870 bits per heavy atom. The summed E-state index contributed by atoms with van der Waals surface area (Å²) in [5, 5.41) is -0.185. The molecule has 2 aliphatic carbocycles. The minimum absolute atomic E-state index is 0.0924. The largest absolute Gasteiger partial charge is 0.497 e. The van der Waals surface area contributed by atoms with Crippen molar-refractivity contribution in [2.45, 2.75) is 10.5 Å². The van der Waals surface area contributed by atoms with Gasteiger partial charge in [0.25, 0.3) is 0 Å². The molecule has 2 unspecified atom stereocenters. The summed E-state index contributed by atoms with van der Waals surface area (Å²) in [6.07, 6.45) is 10.8. The van der Waals surface area contributed by atoms with E-state index < -0.39 is 0 Å². The molecule has 0 N–H and O–H groups in total. The molecular formula is C16H14O4S3. The fourth-order valence-electron chi connectivity index (χ4n) is 1.84. The smallest absolute Gasteiger partial charge is 0.129 e. The maximum Gasteiger partial charge on any atom is 0.129 e. The van der Waals surface area contributed by atoms with Gasteiger partial charge < -0.3 is 9.47 Å². The number of allylic oxidation sites excluding steroid dienone is 4. The number of carbonyl (C=O) groups excluding carboxylic acids is 2. The molecule has 0 radical (unpaired) electrons. The number of methoxy groups -OCH3 is 2. The van der Waals surface area contributed by atoms with Crippen molar-refractivity contribution in [1.29, 1.82) is 0 Å². The second-order valence-corrected chi connectivity index (χ2v) is 8.76. The van der Waals surface area contributed by atoms with Crippen LogP contribution in [0.2, 0.25) is 0 Å². The highest BCUT2D eigenvalue weighted by Gasteiger charge is 2.21. The molecule has 120 valence electrons. The molecule has 2 aliphatic rings. The van der Waals surface area contributed by atoms with Crippen molar-refractivity contribution in [1.82, 2.24) is 0 Å². The highest BCUT2D eigenvalue weighted by atomic mass is 33.5. The van der Waals surface area contributed by atoms with Gasteiger partial charge in [0.1, 0.15) is 23.4 Å². The predicted octanol–water partition coefficient (Wildman–Crippen LogP) is 3.47. The second-order valence-electron chi connectivity index (χ2n) is 4.44. The van der Waals surface area contributed by atoms with Crippen molar-refractivity contribution in [2.24, 2.45) is 0 Å². The number of hydrogen-bond donors (Lipinski definition) is 0. The average molecular weight is 366 g/mol. The Kier molecular flexibility index (Phi) is 6.96. The van der Waals surface area contributed by atoms with Crippen LogP contribution in [-0.4, -0.2) is 36.6 Å². The van der Waals surface area contributed by atoms with E-state index in [-0.39, 0.29) is 10.5 Å². The van der Waals surface area contributed by atoms with Gasteiger partial charge in [0.05, 0.1) is 35.9 Å². The van der Waals surface area contributed by atoms with Crippen molar-refractivity contribution in [2.75, 3.05) is 14.2 Å². The molecule has 2 rings (SSSR count). The van der Waals surface area contributed by atoms with E-state index in [0.717, 1.165) is 0 Å². The fraction of sp³-hybridized carbons (Fsp3) is 0.250. The zero-order valence-electron chi connectivity index (χ0n) is 12.5. The molecule has 0 aromatic carbocycles. The summed E-state index contributed by atoms with van der Waals surface area (Å²) in [5.74, 6) is 5.17. The molecule has 0 aliphatic heterocycles. The third-order valence-corrected chi connectivity index (χ3v) is 7.60. The van der Waals surface area contributed by atoms with Crippen LogP contribution < -0.4 is 0 Å². The van der Waals surface area contributed by atoms with Crippen LogP contribution in [0.5, 0.6) is 0 Å². The topological polar surface area (TPSA) is 52.6 Å². The molecule has 0 heterocycles. The zero-order chi connectivity index (χ0) is 16.7. The van der Waals surface area contributed by atoms with Crippen LogP contribution in [0.3, 0.4) is 0 Å². The molecule has 0 saturated carbocycles. The molecule has 0 aromatic heterocycles. The van der Waals surface area contributed by atoms with Crippen LogP contribution in [0.4, 0.5) is 0 Å². The van der Waals surface area contributed by atoms with Gasteiger partial charge in [0.15, 0.2) is 0 Å². The molecule has 0 saturated heterocycles. The van der Waals surface area contributed by atoms with Gasteiger partial charge in [-0.25, -0.2) is 9.59 Å². The summed E-state index contributed by atoms with van der Waals surface area (Å²) in [4.78, 5) is 22.1. The third kappa shape index (κ3) is 4.74. The average Bonchev–Trinajstić information content (AvgIpc) is 2.61. The van der Waals surface area contributed by atoms with E-state index in [9.17, 15) is 9.59 Å².